The van der Waals surface area contributed by atoms with Crippen molar-refractivity contribution in [1.82, 2.24) is 20.1 Å². The van der Waals surface area contributed by atoms with E-state index in [-0.39, 0.29) is 11.8 Å². The molecule has 27 heavy (non-hydrogen) atoms. The van der Waals surface area contributed by atoms with Gasteiger partial charge in [-0.25, -0.2) is 4.98 Å². The zero-order valence-electron chi connectivity index (χ0n) is 15.4. The van der Waals surface area contributed by atoms with E-state index < -0.39 is 6.04 Å². The Kier molecular flexibility index (Phi) is 5.82. The van der Waals surface area contributed by atoms with Crippen molar-refractivity contribution in [1.29, 1.82) is 0 Å². The van der Waals surface area contributed by atoms with E-state index in [1.54, 1.807) is 30.2 Å². The molecule has 1 unspecified atom stereocenters. The fourth-order valence-corrected chi connectivity index (χ4v) is 3.64. The smallest absolute Gasteiger partial charge is 0.246 e. The number of hydrogen-bond acceptors (Lipinski definition) is 6. The molecular formula is C18H22N6O2S. The van der Waals surface area contributed by atoms with Crippen LogP contribution in [0.1, 0.15) is 31.4 Å². The molecule has 8 nitrogen and oxygen atoms in total. The molecule has 0 radical (unpaired) electrons. The second-order valence-corrected chi connectivity index (χ2v) is 7.19. The predicted octanol–water partition coefficient (Wildman–Crippen LogP) is 2.67. The number of benzene rings is 1. The number of amides is 2. The van der Waals surface area contributed by atoms with Crippen LogP contribution in [0, 0.1) is 0 Å². The summed E-state index contributed by atoms with van der Waals surface area (Å²) in [5, 5.41) is 13.4. The lowest BCUT2D eigenvalue weighted by atomic mass is 10.1. The Morgan fingerprint density at radius 3 is 2.78 bits per heavy atom. The maximum absolute atomic E-state index is 12.6. The monoisotopic (exact) mass is 386 g/mol. The number of carbonyl (C=O) groups is 2. The van der Waals surface area contributed by atoms with E-state index in [9.17, 15) is 9.59 Å². The van der Waals surface area contributed by atoms with Gasteiger partial charge in [0, 0.05) is 30.9 Å². The number of aromatic nitrogens is 3. The number of fused-ring (bicyclic) bond motifs is 1. The van der Waals surface area contributed by atoms with Crippen LogP contribution >= 0.6 is 11.3 Å². The highest BCUT2D eigenvalue weighted by atomic mass is 32.1. The molecule has 1 atom stereocenters. The standard InChI is InChI=1S/C18H22N6O2S/c1-4-5-15(25)23-18-22-13-7-6-12(8-14(13)27-18)21-17(26)16(19-2)11-9-20-24(3)10-11/h6-10,16,19H,4-5H2,1-3H3,(H,21,26)(H,22,23,25). The second-order valence-electron chi connectivity index (χ2n) is 6.16. The van der Waals surface area contributed by atoms with E-state index in [1.165, 1.54) is 11.3 Å². The fraction of sp³-hybridized carbons (Fsp3) is 0.333. The van der Waals surface area contributed by atoms with Gasteiger partial charge in [0.25, 0.3) is 0 Å². The highest BCUT2D eigenvalue weighted by Crippen LogP contribution is 2.29. The summed E-state index contributed by atoms with van der Waals surface area (Å²) in [4.78, 5) is 28.8. The lowest BCUT2D eigenvalue weighted by Crippen LogP contribution is -2.30. The normalized spacial score (nSPS) is 12.1. The first-order chi connectivity index (χ1) is 13.0. The lowest BCUT2D eigenvalue weighted by Gasteiger charge is -2.14. The molecule has 2 aromatic heterocycles. The topological polar surface area (TPSA) is 101 Å². The van der Waals surface area contributed by atoms with Crippen molar-refractivity contribution in [3.63, 3.8) is 0 Å². The third-order valence-electron chi connectivity index (χ3n) is 3.99. The number of rotatable bonds is 7. The van der Waals surface area contributed by atoms with E-state index in [1.807, 2.05) is 26.1 Å². The van der Waals surface area contributed by atoms with Gasteiger partial charge in [0.2, 0.25) is 11.8 Å². The molecule has 9 heteroatoms. The van der Waals surface area contributed by atoms with Crippen molar-refractivity contribution in [2.75, 3.05) is 17.7 Å². The van der Waals surface area contributed by atoms with Gasteiger partial charge in [-0.15, -0.1) is 0 Å². The Balaban J connectivity index is 1.74. The number of likely N-dealkylation sites (N-methyl/N-ethyl adjacent to an activating group) is 1. The van der Waals surface area contributed by atoms with Crippen molar-refractivity contribution in [3.05, 3.63) is 36.2 Å². The minimum atomic E-state index is -0.500. The van der Waals surface area contributed by atoms with Crippen LogP contribution in [0.3, 0.4) is 0 Å². The molecule has 0 spiro atoms. The number of thiazole rings is 1. The van der Waals surface area contributed by atoms with Gasteiger partial charge < -0.3 is 16.0 Å². The predicted molar refractivity (Wildman–Crippen MR) is 107 cm³/mol. The third kappa shape index (κ3) is 4.50. The maximum atomic E-state index is 12.6. The molecule has 0 bridgehead atoms. The average Bonchev–Trinajstić information content (AvgIpc) is 3.21. The number of anilines is 2. The molecule has 0 saturated carbocycles. The Morgan fingerprint density at radius 2 is 2.11 bits per heavy atom. The van der Waals surface area contributed by atoms with Gasteiger partial charge in [0.1, 0.15) is 6.04 Å². The Labute approximate surface area is 161 Å². The van der Waals surface area contributed by atoms with Crippen LogP contribution in [0.4, 0.5) is 10.8 Å². The number of hydrogen-bond donors (Lipinski definition) is 3. The largest absolute Gasteiger partial charge is 0.324 e. The fourth-order valence-electron chi connectivity index (χ4n) is 2.72. The van der Waals surface area contributed by atoms with Gasteiger partial charge in [0.15, 0.2) is 5.13 Å². The molecule has 0 aliphatic heterocycles. The number of nitrogens with one attached hydrogen (secondary N) is 3. The van der Waals surface area contributed by atoms with Crippen molar-refractivity contribution in [3.8, 4) is 0 Å². The second kappa shape index (κ2) is 8.28. The van der Waals surface area contributed by atoms with Crippen LogP contribution in [0.15, 0.2) is 30.6 Å². The summed E-state index contributed by atoms with van der Waals surface area (Å²) in [5.41, 5.74) is 2.24. The molecule has 0 fully saturated rings. The van der Waals surface area contributed by atoms with Gasteiger partial charge in [-0.3, -0.25) is 14.3 Å². The van der Waals surface area contributed by atoms with Crippen molar-refractivity contribution < 1.29 is 9.59 Å². The summed E-state index contributed by atoms with van der Waals surface area (Å²) in [7, 11) is 3.54. The molecular weight excluding hydrogens is 364 g/mol. The summed E-state index contributed by atoms with van der Waals surface area (Å²) < 4.78 is 2.55. The SMILES string of the molecule is CCCC(=O)Nc1nc2ccc(NC(=O)C(NC)c3cnn(C)c3)cc2s1. The van der Waals surface area contributed by atoms with E-state index in [2.05, 4.69) is 26.0 Å². The zero-order chi connectivity index (χ0) is 19.4. The molecule has 1 aromatic carbocycles. The molecule has 3 aromatic rings. The van der Waals surface area contributed by atoms with Crippen molar-refractivity contribution in [2.45, 2.75) is 25.8 Å². The summed E-state index contributed by atoms with van der Waals surface area (Å²) in [6, 6.07) is 4.99. The molecule has 0 aliphatic carbocycles. The Bertz CT molecular complexity index is 964. The quantitative estimate of drug-likeness (QED) is 0.580. The van der Waals surface area contributed by atoms with Crippen LogP contribution < -0.4 is 16.0 Å². The van der Waals surface area contributed by atoms with E-state index in [0.29, 0.717) is 17.2 Å². The lowest BCUT2D eigenvalue weighted by molar-refractivity contribution is -0.118. The zero-order valence-corrected chi connectivity index (χ0v) is 16.3. The van der Waals surface area contributed by atoms with Crippen LogP contribution in [0.25, 0.3) is 10.2 Å². The summed E-state index contributed by atoms with van der Waals surface area (Å²) in [6.07, 6.45) is 4.73. The summed E-state index contributed by atoms with van der Waals surface area (Å²) >= 11 is 1.38. The maximum Gasteiger partial charge on any atom is 0.246 e. The van der Waals surface area contributed by atoms with Gasteiger partial charge >= 0.3 is 0 Å². The molecule has 2 amide bonds. The van der Waals surface area contributed by atoms with Crippen LogP contribution in [0.5, 0.6) is 0 Å². The van der Waals surface area contributed by atoms with Gasteiger partial charge in [-0.1, -0.05) is 18.3 Å². The van der Waals surface area contributed by atoms with Crippen molar-refractivity contribution >= 4 is 44.2 Å². The first-order valence-corrected chi connectivity index (χ1v) is 9.49. The van der Waals surface area contributed by atoms with Crippen LogP contribution in [0.2, 0.25) is 0 Å². The van der Waals surface area contributed by atoms with Gasteiger partial charge in [0.05, 0.1) is 16.4 Å². The first kappa shape index (κ1) is 19.0. The number of aryl methyl sites for hydroxylation is 1. The van der Waals surface area contributed by atoms with Crippen LogP contribution in [-0.4, -0.2) is 33.6 Å². The molecule has 3 N–H and O–H groups in total. The van der Waals surface area contributed by atoms with Crippen LogP contribution in [-0.2, 0) is 16.6 Å². The molecule has 0 aliphatic rings. The molecule has 0 saturated heterocycles. The average molecular weight is 386 g/mol. The Morgan fingerprint density at radius 1 is 1.30 bits per heavy atom. The molecule has 142 valence electrons. The first-order valence-electron chi connectivity index (χ1n) is 8.67. The highest BCUT2D eigenvalue weighted by molar-refractivity contribution is 7.22. The molecule has 2 heterocycles. The summed E-state index contributed by atoms with van der Waals surface area (Å²) in [5.74, 6) is -0.218. The Hall–Kier alpha value is -2.78. The third-order valence-corrected chi connectivity index (χ3v) is 4.92. The van der Waals surface area contributed by atoms with E-state index in [4.69, 9.17) is 0 Å². The van der Waals surface area contributed by atoms with Gasteiger partial charge in [-0.05, 0) is 31.7 Å². The van der Waals surface area contributed by atoms with E-state index >= 15 is 0 Å². The highest BCUT2D eigenvalue weighted by Gasteiger charge is 2.20. The van der Waals surface area contributed by atoms with Crippen molar-refractivity contribution in [2.24, 2.45) is 7.05 Å². The minimum Gasteiger partial charge on any atom is -0.324 e. The molecule has 3 rings (SSSR count). The summed E-state index contributed by atoms with van der Waals surface area (Å²) in [6.45, 7) is 1.96. The number of nitrogens with zero attached hydrogens (tertiary/aromatic N) is 3. The minimum absolute atomic E-state index is 0.0431. The van der Waals surface area contributed by atoms with E-state index in [0.717, 1.165) is 22.2 Å². The number of carbonyl (C=O) groups excluding carboxylic acids is 2. The van der Waals surface area contributed by atoms with Gasteiger partial charge in [-0.2, -0.15) is 5.10 Å².